The summed E-state index contributed by atoms with van der Waals surface area (Å²) < 4.78 is 1.58. The van der Waals surface area contributed by atoms with Crippen molar-refractivity contribution >= 4 is 17.2 Å². The van der Waals surface area contributed by atoms with Crippen LogP contribution < -0.4 is 0 Å². The summed E-state index contributed by atoms with van der Waals surface area (Å²) in [4.78, 5) is 4.12. The van der Waals surface area contributed by atoms with E-state index in [9.17, 15) is 0 Å². The minimum atomic E-state index is 0.644. The zero-order chi connectivity index (χ0) is 8.01. The van der Waals surface area contributed by atoms with E-state index < -0.39 is 0 Å². The molecule has 0 aliphatic carbocycles. The first-order valence-electron chi connectivity index (χ1n) is 3.26. The molecule has 0 bridgehead atoms. The number of nitrogens with one attached hydrogen (secondary N) is 1. The van der Waals surface area contributed by atoms with Crippen LogP contribution in [0.1, 0.15) is 11.5 Å². The number of H-pyrrole nitrogens is 1. The molecule has 0 atom stereocenters. The van der Waals surface area contributed by atoms with Gasteiger partial charge in [0.15, 0.2) is 5.65 Å². The SMILES string of the molecule is Cc1nc2c(Cl)c(C)[nH]n2n1. The van der Waals surface area contributed by atoms with Crippen LogP contribution in [-0.2, 0) is 0 Å². The maximum absolute atomic E-state index is 5.90. The Bertz CT molecular complexity index is 400. The van der Waals surface area contributed by atoms with E-state index in [1.54, 1.807) is 4.63 Å². The number of hydrogen-bond donors (Lipinski definition) is 1. The highest BCUT2D eigenvalue weighted by Crippen LogP contribution is 2.18. The van der Waals surface area contributed by atoms with E-state index in [1.807, 2.05) is 13.8 Å². The Morgan fingerprint density at radius 3 is 2.82 bits per heavy atom. The lowest BCUT2D eigenvalue weighted by molar-refractivity contribution is 0.793. The van der Waals surface area contributed by atoms with E-state index in [1.165, 1.54) is 0 Å². The lowest BCUT2D eigenvalue weighted by Gasteiger charge is -1.81. The van der Waals surface area contributed by atoms with Crippen molar-refractivity contribution in [2.75, 3.05) is 0 Å². The Morgan fingerprint density at radius 1 is 1.45 bits per heavy atom. The van der Waals surface area contributed by atoms with Gasteiger partial charge in [0, 0.05) is 0 Å². The molecule has 0 aromatic carbocycles. The van der Waals surface area contributed by atoms with Gasteiger partial charge < -0.3 is 0 Å². The summed E-state index contributed by atoms with van der Waals surface area (Å²) in [5, 5.41) is 7.66. The highest BCUT2D eigenvalue weighted by Gasteiger charge is 2.08. The number of aromatic amines is 1. The molecule has 11 heavy (non-hydrogen) atoms. The molecule has 0 aliphatic rings. The highest BCUT2D eigenvalue weighted by molar-refractivity contribution is 6.34. The molecule has 0 unspecified atom stereocenters. The molecule has 2 aromatic rings. The van der Waals surface area contributed by atoms with E-state index in [2.05, 4.69) is 15.2 Å². The summed E-state index contributed by atoms with van der Waals surface area (Å²) in [6.45, 7) is 3.71. The molecule has 0 saturated heterocycles. The van der Waals surface area contributed by atoms with Crippen LogP contribution in [-0.4, -0.2) is 19.8 Å². The van der Waals surface area contributed by atoms with Gasteiger partial charge in [0.05, 0.1) is 5.69 Å². The molecule has 2 rings (SSSR count). The van der Waals surface area contributed by atoms with Crippen molar-refractivity contribution in [2.45, 2.75) is 13.8 Å². The molecule has 1 N–H and O–H groups in total. The molecule has 2 heterocycles. The fraction of sp³-hybridized carbons (Fsp3) is 0.333. The van der Waals surface area contributed by atoms with Crippen LogP contribution in [0, 0.1) is 13.8 Å². The van der Waals surface area contributed by atoms with Gasteiger partial charge in [0.2, 0.25) is 0 Å². The van der Waals surface area contributed by atoms with Crippen LogP contribution in [0.3, 0.4) is 0 Å². The number of fused-ring (bicyclic) bond motifs is 1. The molecular formula is C6H7ClN4. The summed E-state index contributed by atoms with van der Waals surface area (Å²) in [6.07, 6.45) is 0. The topological polar surface area (TPSA) is 46.0 Å². The highest BCUT2D eigenvalue weighted by atomic mass is 35.5. The van der Waals surface area contributed by atoms with Crippen molar-refractivity contribution < 1.29 is 0 Å². The average molecular weight is 171 g/mol. The van der Waals surface area contributed by atoms with Gasteiger partial charge in [0.1, 0.15) is 10.8 Å². The second-order valence-corrected chi connectivity index (χ2v) is 2.82. The van der Waals surface area contributed by atoms with Crippen molar-refractivity contribution in [1.29, 1.82) is 0 Å². The molecule has 0 radical (unpaired) electrons. The van der Waals surface area contributed by atoms with Crippen molar-refractivity contribution in [3.8, 4) is 0 Å². The molecule has 0 fully saturated rings. The lowest BCUT2D eigenvalue weighted by Crippen LogP contribution is -1.86. The van der Waals surface area contributed by atoms with Gasteiger partial charge in [-0.2, -0.15) is 4.63 Å². The van der Waals surface area contributed by atoms with E-state index in [0.29, 0.717) is 10.7 Å². The first-order chi connectivity index (χ1) is 5.18. The standard InChI is InChI=1S/C6H7ClN4/c1-3-5(7)6-8-4(2)10-11(6)9-3/h9H,1-2H3. The Labute approximate surface area is 68.2 Å². The zero-order valence-electron chi connectivity index (χ0n) is 6.22. The summed E-state index contributed by atoms with van der Waals surface area (Å²) >= 11 is 5.90. The minimum absolute atomic E-state index is 0.644. The molecule has 0 aliphatic heterocycles. The maximum atomic E-state index is 5.90. The molecule has 4 nitrogen and oxygen atoms in total. The Hall–Kier alpha value is -1.03. The monoisotopic (exact) mass is 170 g/mol. The minimum Gasteiger partial charge on any atom is -0.279 e. The summed E-state index contributed by atoms with van der Waals surface area (Å²) in [5.74, 6) is 0.721. The second kappa shape index (κ2) is 1.98. The van der Waals surface area contributed by atoms with Gasteiger partial charge in [-0.3, -0.25) is 5.10 Å². The number of hydrogen-bond acceptors (Lipinski definition) is 2. The normalized spacial score (nSPS) is 11.2. The zero-order valence-corrected chi connectivity index (χ0v) is 6.98. The van der Waals surface area contributed by atoms with Crippen LogP contribution >= 0.6 is 11.6 Å². The Kier molecular flexibility index (Phi) is 1.20. The van der Waals surface area contributed by atoms with E-state index >= 15 is 0 Å². The van der Waals surface area contributed by atoms with Crippen LogP contribution in [0.5, 0.6) is 0 Å². The van der Waals surface area contributed by atoms with Crippen LogP contribution in [0.4, 0.5) is 0 Å². The van der Waals surface area contributed by atoms with Crippen molar-refractivity contribution in [3.63, 3.8) is 0 Å². The van der Waals surface area contributed by atoms with Gasteiger partial charge >= 0.3 is 0 Å². The van der Waals surface area contributed by atoms with Crippen molar-refractivity contribution in [3.05, 3.63) is 16.5 Å². The quantitative estimate of drug-likeness (QED) is 0.649. The number of halogens is 1. The maximum Gasteiger partial charge on any atom is 0.194 e. The van der Waals surface area contributed by atoms with Gasteiger partial charge in [-0.05, 0) is 13.8 Å². The number of nitrogens with zero attached hydrogens (tertiary/aromatic N) is 3. The van der Waals surface area contributed by atoms with Gasteiger partial charge in [0.25, 0.3) is 0 Å². The predicted molar refractivity (Wildman–Crippen MR) is 41.8 cm³/mol. The van der Waals surface area contributed by atoms with Crippen LogP contribution in [0.2, 0.25) is 5.02 Å². The molecule has 2 aromatic heterocycles. The van der Waals surface area contributed by atoms with E-state index in [4.69, 9.17) is 11.6 Å². The molecule has 58 valence electrons. The van der Waals surface area contributed by atoms with Gasteiger partial charge in [-0.25, -0.2) is 4.98 Å². The van der Waals surface area contributed by atoms with Crippen molar-refractivity contribution in [2.24, 2.45) is 0 Å². The largest absolute Gasteiger partial charge is 0.279 e. The third-order valence-electron chi connectivity index (χ3n) is 1.51. The second-order valence-electron chi connectivity index (χ2n) is 2.45. The molecular weight excluding hydrogens is 164 g/mol. The number of aromatic nitrogens is 4. The van der Waals surface area contributed by atoms with Crippen LogP contribution in [0.15, 0.2) is 0 Å². The molecule has 5 heteroatoms. The van der Waals surface area contributed by atoms with Gasteiger partial charge in [-0.1, -0.05) is 11.6 Å². The van der Waals surface area contributed by atoms with E-state index in [0.717, 1.165) is 11.5 Å². The van der Waals surface area contributed by atoms with Crippen molar-refractivity contribution in [1.82, 2.24) is 19.8 Å². The van der Waals surface area contributed by atoms with Gasteiger partial charge in [-0.15, -0.1) is 5.10 Å². The molecule has 0 amide bonds. The Morgan fingerprint density at radius 2 is 2.18 bits per heavy atom. The van der Waals surface area contributed by atoms with Crippen LogP contribution in [0.25, 0.3) is 5.65 Å². The smallest absolute Gasteiger partial charge is 0.194 e. The molecule has 0 spiro atoms. The summed E-state index contributed by atoms with van der Waals surface area (Å²) in [6, 6.07) is 0. The lowest BCUT2D eigenvalue weighted by atomic mass is 10.5. The predicted octanol–water partition coefficient (Wildman–Crippen LogP) is 1.33. The van der Waals surface area contributed by atoms with E-state index in [-0.39, 0.29) is 0 Å². The third kappa shape index (κ3) is 0.826. The fourth-order valence-corrected chi connectivity index (χ4v) is 1.18. The average Bonchev–Trinajstić information content (AvgIpc) is 2.37. The number of aryl methyl sites for hydroxylation is 2. The third-order valence-corrected chi connectivity index (χ3v) is 1.96. The molecule has 0 saturated carbocycles. The summed E-state index contributed by atoms with van der Waals surface area (Å²) in [5.41, 5.74) is 1.59. The fourth-order valence-electron chi connectivity index (χ4n) is 1.01. The first-order valence-corrected chi connectivity index (χ1v) is 3.63. The summed E-state index contributed by atoms with van der Waals surface area (Å²) in [7, 11) is 0. The first kappa shape index (κ1) is 6.67. The number of rotatable bonds is 0. The Balaban J connectivity index is 2.88.